The first-order valence-corrected chi connectivity index (χ1v) is 9.43. The van der Waals surface area contributed by atoms with Crippen molar-refractivity contribution in [1.82, 2.24) is 10.4 Å². The number of hydrogen-bond acceptors (Lipinski definition) is 5. The summed E-state index contributed by atoms with van der Waals surface area (Å²) in [5.74, 6) is 0.284. The molecular formula is C18H19N3OS2. The van der Waals surface area contributed by atoms with E-state index in [1.807, 2.05) is 31.2 Å². The zero-order valence-corrected chi connectivity index (χ0v) is 15.5. The van der Waals surface area contributed by atoms with E-state index in [-0.39, 0.29) is 5.91 Å². The van der Waals surface area contributed by atoms with E-state index in [0.717, 1.165) is 20.7 Å². The monoisotopic (exact) mass is 357 g/mol. The van der Waals surface area contributed by atoms with Crippen LogP contribution in [0.1, 0.15) is 16.7 Å². The van der Waals surface area contributed by atoms with Crippen LogP contribution in [0, 0.1) is 20.8 Å². The summed E-state index contributed by atoms with van der Waals surface area (Å²) in [6.45, 7) is 6.17. The molecule has 0 radical (unpaired) electrons. The Balaban J connectivity index is 1.56. The van der Waals surface area contributed by atoms with Crippen molar-refractivity contribution in [3.63, 3.8) is 0 Å². The van der Waals surface area contributed by atoms with Crippen molar-refractivity contribution in [3.05, 3.63) is 53.1 Å². The number of hydrogen-bond donors (Lipinski definition) is 2. The van der Waals surface area contributed by atoms with Crippen LogP contribution in [0.5, 0.6) is 0 Å². The Labute approximate surface area is 149 Å². The standard InChI is InChI=1S/C18H19N3OS2/c1-11-4-6-14(7-5-11)23-10-16(22)20-21-18-19-17-13(3)8-12(2)9-15(17)24-18/h4-9H,10H2,1-3H3,(H,19,21)(H,20,22). The summed E-state index contributed by atoms with van der Waals surface area (Å²) in [5, 5.41) is 0.701. The molecule has 2 N–H and O–H groups in total. The Kier molecular flexibility index (Phi) is 5.06. The van der Waals surface area contributed by atoms with Crippen LogP contribution < -0.4 is 10.9 Å². The average molecular weight is 358 g/mol. The van der Waals surface area contributed by atoms with Crippen LogP contribution in [0.2, 0.25) is 0 Å². The molecule has 24 heavy (non-hydrogen) atoms. The first kappa shape index (κ1) is 16.8. The van der Waals surface area contributed by atoms with Crippen LogP contribution in [0.25, 0.3) is 10.2 Å². The molecule has 0 saturated heterocycles. The molecule has 0 atom stereocenters. The lowest BCUT2D eigenvalue weighted by Crippen LogP contribution is -2.30. The van der Waals surface area contributed by atoms with Gasteiger partial charge in [0.25, 0.3) is 0 Å². The third-order valence-corrected chi connectivity index (χ3v) is 5.46. The molecule has 124 valence electrons. The van der Waals surface area contributed by atoms with Gasteiger partial charge in [-0.15, -0.1) is 11.8 Å². The highest BCUT2D eigenvalue weighted by molar-refractivity contribution is 8.00. The van der Waals surface area contributed by atoms with E-state index in [0.29, 0.717) is 10.9 Å². The maximum absolute atomic E-state index is 12.0. The fraction of sp³-hybridized carbons (Fsp3) is 0.222. The molecule has 0 bridgehead atoms. The molecule has 1 heterocycles. The van der Waals surface area contributed by atoms with Gasteiger partial charge in [0.15, 0.2) is 0 Å². The molecule has 0 saturated carbocycles. The van der Waals surface area contributed by atoms with E-state index in [9.17, 15) is 4.79 Å². The third kappa shape index (κ3) is 4.07. The minimum Gasteiger partial charge on any atom is -0.273 e. The summed E-state index contributed by atoms with van der Waals surface area (Å²) < 4.78 is 1.12. The number of carbonyl (C=O) groups is 1. The first-order valence-electron chi connectivity index (χ1n) is 7.63. The summed E-state index contributed by atoms with van der Waals surface area (Å²) in [5.41, 5.74) is 10.2. The van der Waals surface area contributed by atoms with Crippen LogP contribution in [0.3, 0.4) is 0 Å². The molecule has 3 rings (SSSR count). The molecular weight excluding hydrogens is 338 g/mol. The predicted octanol–water partition coefficient (Wildman–Crippen LogP) is 4.46. The number of nitrogens with one attached hydrogen (secondary N) is 2. The number of thioether (sulfide) groups is 1. The largest absolute Gasteiger partial charge is 0.273 e. The van der Waals surface area contributed by atoms with E-state index >= 15 is 0 Å². The van der Waals surface area contributed by atoms with E-state index in [4.69, 9.17) is 0 Å². The van der Waals surface area contributed by atoms with E-state index in [1.54, 1.807) is 0 Å². The normalized spacial score (nSPS) is 10.8. The summed E-state index contributed by atoms with van der Waals surface area (Å²) >= 11 is 3.05. The topological polar surface area (TPSA) is 54.0 Å². The van der Waals surface area contributed by atoms with Crippen LogP contribution in [0.4, 0.5) is 5.13 Å². The molecule has 0 aliphatic heterocycles. The van der Waals surface area contributed by atoms with E-state index in [1.165, 1.54) is 34.2 Å². The summed E-state index contributed by atoms with van der Waals surface area (Å²) in [6.07, 6.45) is 0. The Morgan fingerprint density at radius 1 is 1.12 bits per heavy atom. The van der Waals surface area contributed by atoms with Crippen LogP contribution in [-0.4, -0.2) is 16.6 Å². The zero-order valence-electron chi connectivity index (χ0n) is 13.8. The molecule has 4 nitrogen and oxygen atoms in total. The van der Waals surface area contributed by atoms with Gasteiger partial charge in [0, 0.05) is 4.90 Å². The molecule has 0 spiro atoms. The molecule has 1 aromatic heterocycles. The van der Waals surface area contributed by atoms with E-state index in [2.05, 4.69) is 41.8 Å². The number of anilines is 1. The van der Waals surface area contributed by atoms with Gasteiger partial charge in [-0.2, -0.15) is 0 Å². The Hall–Kier alpha value is -2.05. The van der Waals surface area contributed by atoms with Crippen LogP contribution in [0.15, 0.2) is 41.3 Å². The molecule has 0 fully saturated rings. The van der Waals surface area contributed by atoms with Crippen LogP contribution in [-0.2, 0) is 4.79 Å². The SMILES string of the molecule is Cc1ccc(SCC(=O)NNc2nc3c(C)cc(C)cc3s2)cc1. The quantitative estimate of drug-likeness (QED) is 0.523. The number of rotatable bonds is 5. The molecule has 3 aromatic rings. The molecule has 2 aromatic carbocycles. The Bertz CT molecular complexity index is 872. The van der Waals surface area contributed by atoms with Crippen molar-refractivity contribution in [2.75, 3.05) is 11.2 Å². The number of benzene rings is 2. The average Bonchev–Trinajstić information content (AvgIpc) is 2.95. The van der Waals surface area contributed by atoms with Gasteiger partial charge in [0.1, 0.15) is 0 Å². The minimum absolute atomic E-state index is 0.0762. The van der Waals surface area contributed by atoms with Gasteiger partial charge in [0.05, 0.1) is 16.0 Å². The molecule has 1 amide bonds. The predicted molar refractivity (Wildman–Crippen MR) is 103 cm³/mol. The maximum Gasteiger partial charge on any atom is 0.248 e. The summed E-state index contributed by atoms with van der Waals surface area (Å²) in [6, 6.07) is 12.4. The second kappa shape index (κ2) is 7.23. The Morgan fingerprint density at radius 3 is 2.62 bits per heavy atom. The number of thiazole rings is 1. The number of aromatic nitrogens is 1. The number of aryl methyl sites for hydroxylation is 3. The van der Waals surface area contributed by atoms with Gasteiger partial charge in [-0.3, -0.25) is 15.6 Å². The lowest BCUT2D eigenvalue weighted by atomic mass is 10.1. The van der Waals surface area contributed by atoms with Gasteiger partial charge in [-0.1, -0.05) is 35.1 Å². The number of nitrogens with zero attached hydrogens (tertiary/aromatic N) is 1. The number of fused-ring (bicyclic) bond motifs is 1. The highest BCUT2D eigenvalue weighted by atomic mass is 32.2. The van der Waals surface area contributed by atoms with Crippen molar-refractivity contribution in [1.29, 1.82) is 0 Å². The van der Waals surface area contributed by atoms with Gasteiger partial charge in [-0.25, -0.2) is 4.98 Å². The maximum atomic E-state index is 12.0. The number of carbonyl (C=O) groups excluding carboxylic acids is 1. The Morgan fingerprint density at radius 2 is 1.88 bits per heavy atom. The number of amides is 1. The van der Waals surface area contributed by atoms with Gasteiger partial charge >= 0.3 is 0 Å². The molecule has 6 heteroatoms. The first-order chi connectivity index (χ1) is 11.5. The minimum atomic E-state index is -0.0762. The lowest BCUT2D eigenvalue weighted by molar-refractivity contribution is -0.118. The smallest absolute Gasteiger partial charge is 0.248 e. The highest BCUT2D eigenvalue weighted by Gasteiger charge is 2.08. The van der Waals surface area contributed by atoms with Crippen LogP contribution >= 0.6 is 23.1 Å². The van der Waals surface area contributed by atoms with Gasteiger partial charge < -0.3 is 0 Å². The summed E-state index contributed by atoms with van der Waals surface area (Å²) in [4.78, 5) is 17.6. The number of hydrazine groups is 1. The molecule has 0 aliphatic carbocycles. The zero-order chi connectivity index (χ0) is 17.1. The lowest BCUT2D eigenvalue weighted by Gasteiger charge is -2.05. The van der Waals surface area contributed by atoms with Crippen molar-refractivity contribution in [3.8, 4) is 0 Å². The second-order valence-electron chi connectivity index (χ2n) is 5.72. The van der Waals surface area contributed by atoms with Crippen molar-refractivity contribution in [2.45, 2.75) is 25.7 Å². The van der Waals surface area contributed by atoms with Crippen molar-refractivity contribution < 1.29 is 4.79 Å². The fourth-order valence-corrected chi connectivity index (χ4v) is 4.06. The van der Waals surface area contributed by atoms with Crippen molar-refractivity contribution in [2.24, 2.45) is 0 Å². The molecule has 0 aliphatic rings. The highest BCUT2D eigenvalue weighted by Crippen LogP contribution is 2.28. The van der Waals surface area contributed by atoms with E-state index < -0.39 is 0 Å². The second-order valence-corrected chi connectivity index (χ2v) is 7.80. The van der Waals surface area contributed by atoms with Crippen molar-refractivity contribution >= 4 is 44.4 Å². The summed E-state index contributed by atoms with van der Waals surface area (Å²) in [7, 11) is 0. The fourth-order valence-electron chi connectivity index (χ4n) is 2.37. The van der Waals surface area contributed by atoms with Gasteiger partial charge in [0.2, 0.25) is 11.0 Å². The third-order valence-electron chi connectivity index (χ3n) is 3.53. The van der Waals surface area contributed by atoms with Gasteiger partial charge in [-0.05, 0) is 50.1 Å². The molecule has 0 unspecified atom stereocenters.